The van der Waals surface area contributed by atoms with Gasteiger partial charge < -0.3 is 28.4 Å². The molecule has 1 fully saturated rings. The number of carbonyl (C=O) groups is 1. The number of alkyl carbamates (subject to hydrolysis) is 1. The molecule has 0 spiro atoms. The summed E-state index contributed by atoms with van der Waals surface area (Å²) >= 11 is 0. The Morgan fingerprint density at radius 3 is 2.05 bits per heavy atom. The highest BCUT2D eigenvalue weighted by molar-refractivity contribution is 5.67. The highest BCUT2D eigenvalue weighted by atomic mass is 16.6. The Morgan fingerprint density at radius 1 is 1.00 bits per heavy atom. The van der Waals surface area contributed by atoms with E-state index in [-0.39, 0.29) is 6.10 Å². The van der Waals surface area contributed by atoms with Crippen molar-refractivity contribution in [1.82, 2.24) is 5.32 Å². The Morgan fingerprint density at radius 2 is 1.60 bits per heavy atom. The van der Waals surface area contributed by atoms with Crippen LogP contribution in [0.2, 0.25) is 0 Å². The SMILES string of the molecule is COC[C@H]1O[C@@H](NC(=O)OC)[C@H](OC)[C@@H](OC)[C@@H]1OC. The van der Waals surface area contributed by atoms with Crippen LogP contribution in [0.1, 0.15) is 0 Å². The van der Waals surface area contributed by atoms with Gasteiger partial charge in [-0.1, -0.05) is 0 Å². The van der Waals surface area contributed by atoms with E-state index in [1.165, 1.54) is 14.2 Å². The molecule has 1 heterocycles. The van der Waals surface area contributed by atoms with E-state index in [9.17, 15) is 4.79 Å². The van der Waals surface area contributed by atoms with Crippen molar-refractivity contribution >= 4 is 6.09 Å². The zero-order valence-corrected chi connectivity index (χ0v) is 12.5. The second kappa shape index (κ2) is 8.38. The summed E-state index contributed by atoms with van der Waals surface area (Å²) < 4.78 is 31.7. The standard InChI is InChI=1S/C12H23NO7/c1-15-6-7-8(16-2)9(17-3)10(18-4)11(20-7)13-12(14)19-5/h7-11H,6H2,1-5H3,(H,13,14)/t7-,8-,9+,10-,11-/m1/s1. The highest BCUT2D eigenvalue weighted by Gasteiger charge is 2.47. The van der Waals surface area contributed by atoms with Gasteiger partial charge in [0.15, 0.2) is 6.23 Å². The van der Waals surface area contributed by atoms with Gasteiger partial charge in [0.25, 0.3) is 0 Å². The van der Waals surface area contributed by atoms with Gasteiger partial charge in [0.05, 0.1) is 13.7 Å². The monoisotopic (exact) mass is 293 g/mol. The molecule has 1 N–H and O–H groups in total. The van der Waals surface area contributed by atoms with Crippen molar-refractivity contribution in [3.05, 3.63) is 0 Å². The zero-order valence-electron chi connectivity index (χ0n) is 12.5. The molecular formula is C12H23NO7. The van der Waals surface area contributed by atoms with Crippen LogP contribution in [0.5, 0.6) is 0 Å². The largest absolute Gasteiger partial charge is 0.453 e. The minimum atomic E-state index is -0.719. The van der Waals surface area contributed by atoms with Crippen LogP contribution in [-0.4, -0.2) is 78.9 Å². The van der Waals surface area contributed by atoms with Crippen LogP contribution < -0.4 is 5.32 Å². The van der Waals surface area contributed by atoms with Crippen LogP contribution in [-0.2, 0) is 28.4 Å². The predicted octanol–water partition coefficient (Wildman–Crippen LogP) is -0.241. The molecule has 0 aromatic heterocycles. The predicted molar refractivity (Wildman–Crippen MR) is 68.5 cm³/mol. The molecule has 1 aliphatic heterocycles. The van der Waals surface area contributed by atoms with Crippen LogP contribution in [0, 0.1) is 0 Å². The molecule has 0 aromatic rings. The number of nitrogens with one attached hydrogen (secondary N) is 1. The molecular weight excluding hydrogens is 270 g/mol. The maximum atomic E-state index is 11.4. The summed E-state index contributed by atoms with van der Waals surface area (Å²) in [4.78, 5) is 11.4. The first-order valence-corrected chi connectivity index (χ1v) is 6.20. The summed E-state index contributed by atoms with van der Waals surface area (Å²) in [5, 5.41) is 2.57. The number of rotatable bonds is 6. The lowest BCUT2D eigenvalue weighted by Crippen LogP contribution is -2.64. The Labute approximate surface area is 118 Å². The van der Waals surface area contributed by atoms with E-state index in [1.807, 2.05) is 0 Å². The first-order chi connectivity index (χ1) is 9.62. The quantitative estimate of drug-likeness (QED) is 0.723. The maximum absolute atomic E-state index is 11.4. The highest BCUT2D eigenvalue weighted by Crippen LogP contribution is 2.26. The molecule has 0 bridgehead atoms. The smallest absolute Gasteiger partial charge is 0.408 e. The van der Waals surface area contributed by atoms with E-state index < -0.39 is 30.6 Å². The minimum absolute atomic E-state index is 0.300. The third kappa shape index (κ3) is 3.80. The molecule has 1 amide bonds. The molecule has 0 unspecified atom stereocenters. The van der Waals surface area contributed by atoms with Crippen LogP contribution in [0.4, 0.5) is 4.79 Å². The van der Waals surface area contributed by atoms with Gasteiger partial charge >= 0.3 is 6.09 Å². The molecule has 0 saturated carbocycles. The number of ether oxygens (including phenoxy) is 6. The molecule has 1 rings (SSSR count). The van der Waals surface area contributed by atoms with Crippen LogP contribution >= 0.6 is 0 Å². The second-order valence-electron chi connectivity index (χ2n) is 4.29. The Kier molecular flexibility index (Phi) is 7.17. The fourth-order valence-corrected chi connectivity index (χ4v) is 2.32. The van der Waals surface area contributed by atoms with E-state index >= 15 is 0 Å². The number of hydrogen-bond donors (Lipinski definition) is 1. The second-order valence-corrected chi connectivity index (χ2v) is 4.29. The Balaban J connectivity index is 2.90. The third-order valence-electron chi connectivity index (χ3n) is 3.23. The van der Waals surface area contributed by atoms with Gasteiger partial charge in [-0.05, 0) is 0 Å². The topological polar surface area (TPSA) is 84.5 Å². The molecule has 1 aliphatic rings. The van der Waals surface area contributed by atoms with Gasteiger partial charge in [-0.2, -0.15) is 0 Å². The molecule has 118 valence electrons. The molecule has 0 radical (unpaired) electrons. The molecule has 20 heavy (non-hydrogen) atoms. The number of amides is 1. The Hall–Kier alpha value is -0.930. The van der Waals surface area contributed by atoms with E-state index in [4.69, 9.17) is 23.7 Å². The summed E-state index contributed by atoms with van der Waals surface area (Å²) in [7, 11) is 7.45. The van der Waals surface area contributed by atoms with Crippen molar-refractivity contribution in [2.75, 3.05) is 42.2 Å². The number of hydrogen-bond acceptors (Lipinski definition) is 7. The summed E-state index contributed by atoms with van der Waals surface area (Å²) in [5.41, 5.74) is 0. The van der Waals surface area contributed by atoms with Crippen LogP contribution in [0.15, 0.2) is 0 Å². The van der Waals surface area contributed by atoms with E-state index in [1.54, 1.807) is 21.3 Å². The Bertz CT molecular complexity index is 302. The maximum Gasteiger partial charge on any atom is 0.408 e. The molecule has 1 saturated heterocycles. The average Bonchev–Trinajstić information content (AvgIpc) is 2.46. The lowest BCUT2D eigenvalue weighted by atomic mass is 9.97. The average molecular weight is 293 g/mol. The van der Waals surface area contributed by atoms with Crippen molar-refractivity contribution < 1.29 is 33.2 Å². The van der Waals surface area contributed by atoms with Crippen molar-refractivity contribution in [3.63, 3.8) is 0 Å². The van der Waals surface area contributed by atoms with Gasteiger partial charge in [-0.15, -0.1) is 0 Å². The summed E-state index contributed by atoms with van der Waals surface area (Å²) in [6, 6.07) is 0. The van der Waals surface area contributed by atoms with Crippen molar-refractivity contribution in [3.8, 4) is 0 Å². The fourth-order valence-electron chi connectivity index (χ4n) is 2.32. The van der Waals surface area contributed by atoms with Gasteiger partial charge in [0.1, 0.15) is 24.4 Å². The molecule has 0 aliphatic carbocycles. The summed E-state index contributed by atoms with van der Waals surface area (Å²) in [5.74, 6) is 0. The fraction of sp³-hybridized carbons (Fsp3) is 0.917. The third-order valence-corrected chi connectivity index (χ3v) is 3.23. The van der Waals surface area contributed by atoms with Crippen LogP contribution in [0.3, 0.4) is 0 Å². The van der Waals surface area contributed by atoms with Gasteiger partial charge in [0, 0.05) is 28.4 Å². The number of carbonyl (C=O) groups excluding carboxylic acids is 1. The van der Waals surface area contributed by atoms with Gasteiger partial charge in [0.2, 0.25) is 0 Å². The van der Waals surface area contributed by atoms with Gasteiger partial charge in [-0.3, -0.25) is 5.32 Å². The molecule has 8 heteroatoms. The molecule has 5 atom stereocenters. The van der Waals surface area contributed by atoms with Gasteiger partial charge in [-0.25, -0.2) is 4.79 Å². The van der Waals surface area contributed by atoms with Crippen LogP contribution in [0.25, 0.3) is 0 Å². The number of methoxy groups -OCH3 is 5. The molecule has 8 nitrogen and oxygen atoms in total. The molecule has 0 aromatic carbocycles. The van der Waals surface area contributed by atoms with Crippen molar-refractivity contribution in [1.29, 1.82) is 0 Å². The lowest BCUT2D eigenvalue weighted by molar-refractivity contribution is -0.253. The lowest BCUT2D eigenvalue weighted by Gasteiger charge is -2.44. The van der Waals surface area contributed by atoms with E-state index in [2.05, 4.69) is 10.1 Å². The first-order valence-electron chi connectivity index (χ1n) is 6.20. The minimum Gasteiger partial charge on any atom is -0.453 e. The zero-order chi connectivity index (χ0) is 15.1. The van der Waals surface area contributed by atoms with E-state index in [0.29, 0.717) is 6.61 Å². The summed E-state index contributed by atoms with van der Waals surface area (Å²) in [6.07, 6.45) is -3.05. The van der Waals surface area contributed by atoms with Crippen molar-refractivity contribution in [2.24, 2.45) is 0 Å². The summed E-state index contributed by atoms with van der Waals surface area (Å²) in [6.45, 7) is 0.300. The van der Waals surface area contributed by atoms with E-state index in [0.717, 1.165) is 0 Å². The first kappa shape index (κ1) is 17.1. The van der Waals surface area contributed by atoms with Crippen molar-refractivity contribution in [2.45, 2.75) is 30.6 Å². The normalized spacial score (nSPS) is 33.8.